The van der Waals surface area contributed by atoms with E-state index in [2.05, 4.69) is 66.7 Å². The Labute approximate surface area is 175 Å². The average Bonchev–Trinajstić information content (AvgIpc) is 3.30. The molecule has 1 aromatic heterocycles. The van der Waals surface area contributed by atoms with Gasteiger partial charge >= 0.3 is 0 Å². The summed E-state index contributed by atoms with van der Waals surface area (Å²) in [5.74, 6) is 1.34. The van der Waals surface area contributed by atoms with E-state index in [1.807, 2.05) is 31.2 Å². The van der Waals surface area contributed by atoms with E-state index in [0.717, 1.165) is 22.6 Å². The van der Waals surface area contributed by atoms with Crippen molar-refractivity contribution < 1.29 is 9.15 Å². The van der Waals surface area contributed by atoms with Gasteiger partial charge < -0.3 is 9.15 Å². The molecule has 0 amide bonds. The molecular formula is C27H21NO2. The second-order valence-electron chi connectivity index (χ2n) is 7.07. The van der Waals surface area contributed by atoms with Crippen molar-refractivity contribution in [3.63, 3.8) is 0 Å². The maximum atomic E-state index is 5.77. The van der Waals surface area contributed by atoms with Gasteiger partial charge in [0.2, 0.25) is 5.89 Å². The first-order chi connectivity index (χ1) is 14.8. The molecule has 146 valence electrons. The summed E-state index contributed by atoms with van der Waals surface area (Å²) in [5.41, 5.74) is 5.09. The lowest BCUT2D eigenvalue weighted by Gasteiger charge is -2.07. The molecule has 0 aliphatic carbocycles. The van der Waals surface area contributed by atoms with Crippen LogP contribution in [0.5, 0.6) is 5.75 Å². The lowest BCUT2D eigenvalue weighted by atomic mass is 9.97. The standard InChI is InChI=1S/C27H21NO2/c1-2-29-26-13-6-5-11-24(26)27-28-25(18-30-27)21-16-14-20(15-17-21)23-12-7-9-19-8-3-4-10-22(19)23/h3-18H,2H2,1H3. The minimum Gasteiger partial charge on any atom is -0.493 e. The number of oxazole rings is 1. The molecular weight excluding hydrogens is 370 g/mol. The van der Waals surface area contributed by atoms with Gasteiger partial charge in [0, 0.05) is 5.56 Å². The lowest BCUT2D eigenvalue weighted by Crippen LogP contribution is -1.93. The van der Waals surface area contributed by atoms with Crippen molar-refractivity contribution in [2.45, 2.75) is 6.92 Å². The molecule has 0 saturated carbocycles. The Balaban J connectivity index is 1.47. The normalized spacial score (nSPS) is 11.0. The third kappa shape index (κ3) is 3.35. The van der Waals surface area contributed by atoms with Gasteiger partial charge in [-0.3, -0.25) is 0 Å². The van der Waals surface area contributed by atoms with Gasteiger partial charge in [0.1, 0.15) is 17.7 Å². The molecule has 0 saturated heterocycles. The Hall–Kier alpha value is -3.85. The summed E-state index contributed by atoms with van der Waals surface area (Å²) in [5, 5.41) is 2.50. The lowest BCUT2D eigenvalue weighted by molar-refractivity contribution is 0.340. The molecule has 0 radical (unpaired) electrons. The van der Waals surface area contributed by atoms with Crippen LogP contribution in [0, 0.1) is 0 Å². The quantitative estimate of drug-likeness (QED) is 0.317. The van der Waals surface area contributed by atoms with Crippen LogP contribution in [0.25, 0.3) is 44.6 Å². The molecule has 5 aromatic rings. The van der Waals surface area contributed by atoms with Crippen molar-refractivity contribution in [3.05, 3.63) is 97.3 Å². The fourth-order valence-corrected chi connectivity index (χ4v) is 3.75. The summed E-state index contributed by atoms with van der Waals surface area (Å²) < 4.78 is 11.5. The third-order valence-electron chi connectivity index (χ3n) is 5.20. The predicted molar refractivity (Wildman–Crippen MR) is 121 cm³/mol. The molecule has 0 aliphatic heterocycles. The first kappa shape index (κ1) is 18.2. The third-order valence-corrected chi connectivity index (χ3v) is 5.20. The first-order valence-electron chi connectivity index (χ1n) is 10.1. The van der Waals surface area contributed by atoms with E-state index in [0.29, 0.717) is 12.5 Å². The summed E-state index contributed by atoms with van der Waals surface area (Å²) in [4.78, 5) is 4.70. The molecule has 0 unspecified atom stereocenters. The molecule has 3 heteroatoms. The molecule has 0 spiro atoms. The molecule has 1 heterocycles. The van der Waals surface area contributed by atoms with Crippen LogP contribution in [0.4, 0.5) is 0 Å². The number of para-hydroxylation sites is 1. The number of benzene rings is 4. The van der Waals surface area contributed by atoms with Crippen LogP contribution in [-0.4, -0.2) is 11.6 Å². The molecule has 3 nitrogen and oxygen atoms in total. The van der Waals surface area contributed by atoms with Gasteiger partial charge in [0.05, 0.1) is 12.2 Å². The van der Waals surface area contributed by atoms with Crippen LogP contribution < -0.4 is 4.74 Å². The van der Waals surface area contributed by atoms with Gasteiger partial charge in [-0.2, -0.15) is 0 Å². The molecule has 0 bridgehead atoms. The Bertz CT molecular complexity index is 1300. The fraction of sp³-hybridized carbons (Fsp3) is 0.0741. The maximum Gasteiger partial charge on any atom is 0.230 e. The Morgan fingerprint density at radius 1 is 0.733 bits per heavy atom. The number of fused-ring (bicyclic) bond motifs is 1. The number of hydrogen-bond donors (Lipinski definition) is 0. The molecule has 4 aromatic carbocycles. The minimum absolute atomic E-state index is 0.562. The predicted octanol–water partition coefficient (Wildman–Crippen LogP) is 7.23. The molecule has 0 fully saturated rings. The van der Waals surface area contributed by atoms with E-state index >= 15 is 0 Å². The van der Waals surface area contributed by atoms with Gasteiger partial charge in [-0.25, -0.2) is 4.98 Å². The van der Waals surface area contributed by atoms with Gasteiger partial charge in [-0.1, -0.05) is 78.9 Å². The summed E-state index contributed by atoms with van der Waals surface area (Å²) >= 11 is 0. The first-order valence-corrected chi connectivity index (χ1v) is 10.1. The highest BCUT2D eigenvalue weighted by atomic mass is 16.5. The van der Waals surface area contributed by atoms with Gasteiger partial charge in [0.25, 0.3) is 0 Å². The van der Waals surface area contributed by atoms with E-state index in [4.69, 9.17) is 14.1 Å². The molecule has 0 aliphatic rings. The van der Waals surface area contributed by atoms with Crippen molar-refractivity contribution in [1.29, 1.82) is 0 Å². The molecule has 5 rings (SSSR count). The van der Waals surface area contributed by atoms with Gasteiger partial charge in [0.15, 0.2) is 0 Å². The molecule has 0 atom stereocenters. The molecule has 0 N–H and O–H groups in total. The SMILES string of the molecule is CCOc1ccccc1-c1nc(-c2ccc(-c3cccc4ccccc34)cc2)co1. The van der Waals surface area contributed by atoms with Crippen LogP contribution >= 0.6 is 0 Å². The van der Waals surface area contributed by atoms with E-state index < -0.39 is 0 Å². The summed E-state index contributed by atoms with van der Waals surface area (Å²) in [7, 11) is 0. The number of nitrogens with zero attached hydrogens (tertiary/aromatic N) is 1. The number of hydrogen-bond acceptors (Lipinski definition) is 3. The Kier molecular flexibility index (Phi) is 4.78. The highest BCUT2D eigenvalue weighted by molar-refractivity contribution is 5.96. The topological polar surface area (TPSA) is 35.3 Å². The van der Waals surface area contributed by atoms with Gasteiger partial charge in [-0.05, 0) is 41.0 Å². The summed E-state index contributed by atoms with van der Waals surface area (Å²) in [6, 6.07) is 31.1. The molecule has 30 heavy (non-hydrogen) atoms. The second kappa shape index (κ2) is 7.88. The van der Waals surface area contributed by atoms with Crippen LogP contribution in [0.2, 0.25) is 0 Å². The van der Waals surface area contributed by atoms with Crippen LogP contribution in [0.3, 0.4) is 0 Å². The largest absolute Gasteiger partial charge is 0.493 e. The van der Waals surface area contributed by atoms with E-state index in [-0.39, 0.29) is 0 Å². The monoisotopic (exact) mass is 391 g/mol. The number of aromatic nitrogens is 1. The second-order valence-corrected chi connectivity index (χ2v) is 7.07. The summed E-state index contributed by atoms with van der Waals surface area (Å²) in [6.07, 6.45) is 1.70. The van der Waals surface area contributed by atoms with Crippen LogP contribution in [-0.2, 0) is 0 Å². The zero-order valence-corrected chi connectivity index (χ0v) is 16.7. The van der Waals surface area contributed by atoms with Crippen molar-refractivity contribution in [3.8, 4) is 39.6 Å². The fourth-order valence-electron chi connectivity index (χ4n) is 3.75. The average molecular weight is 391 g/mol. The van der Waals surface area contributed by atoms with E-state index in [1.54, 1.807) is 6.26 Å². The zero-order chi connectivity index (χ0) is 20.3. The van der Waals surface area contributed by atoms with Crippen molar-refractivity contribution in [2.24, 2.45) is 0 Å². The van der Waals surface area contributed by atoms with Gasteiger partial charge in [-0.15, -0.1) is 0 Å². The van der Waals surface area contributed by atoms with Crippen molar-refractivity contribution in [2.75, 3.05) is 6.61 Å². The maximum absolute atomic E-state index is 5.77. The smallest absolute Gasteiger partial charge is 0.230 e. The number of ether oxygens (including phenoxy) is 1. The number of rotatable bonds is 5. The Morgan fingerprint density at radius 3 is 2.30 bits per heavy atom. The summed E-state index contributed by atoms with van der Waals surface area (Å²) in [6.45, 7) is 2.56. The zero-order valence-electron chi connectivity index (χ0n) is 16.7. The highest BCUT2D eigenvalue weighted by Crippen LogP contribution is 2.33. The van der Waals surface area contributed by atoms with Crippen LogP contribution in [0.15, 0.2) is 102 Å². The van der Waals surface area contributed by atoms with Crippen LogP contribution in [0.1, 0.15) is 6.92 Å². The Morgan fingerprint density at radius 2 is 1.43 bits per heavy atom. The van der Waals surface area contributed by atoms with E-state index in [1.165, 1.54) is 21.9 Å². The van der Waals surface area contributed by atoms with Crippen molar-refractivity contribution >= 4 is 10.8 Å². The van der Waals surface area contributed by atoms with Crippen molar-refractivity contribution in [1.82, 2.24) is 4.98 Å². The van der Waals surface area contributed by atoms with E-state index in [9.17, 15) is 0 Å². The minimum atomic E-state index is 0.562. The highest BCUT2D eigenvalue weighted by Gasteiger charge is 2.13.